The highest BCUT2D eigenvalue weighted by Gasteiger charge is 2.66. The van der Waals surface area contributed by atoms with E-state index in [0.29, 0.717) is 23.6 Å². The van der Waals surface area contributed by atoms with Crippen LogP contribution in [0.4, 0.5) is 5.00 Å². The third-order valence-electron chi connectivity index (χ3n) is 4.06. The molecule has 1 aliphatic carbocycles. The topological polar surface area (TPSA) is 55.4 Å². The Morgan fingerprint density at radius 2 is 2.00 bits per heavy atom. The molecule has 1 atom stereocenters. The molecule has 0 radical (unpaired) electrons. The number of carbonyl (C=O) groups excluding carboxylic acids is 2. The Labute approximate surface area is 154 Å². The van der Waals surface area contributed by atoms with Gasteiger partial charge in [-0.3, -0.25) is 4.79 Å². The lowest BCUT2D eigenvalue weighted by Gasteiger charge is -2.13. The van der Waals surface area contributed by atoms with E-state index in [4.69, 9.17) is 4.74 Å². The summed E-state index contributed by atoms with van der Waals surface area (Å²) < 4.78 is 5.72. The summed E-state index contributed by atoms with van der Waals surface area (Å²) in [6, 6.07) is 7.57. The van der Waals surface area contributed by atoms with Crippen LogP contribution in [-0.4, -0.2) is 21.7 Å². The van der Waals surface area contributed by atoms with Gasteiger partial charge in [0.1, 0.15) is 10.6 Å². The normalized spacial score (nSPS) is 21.9. The molecule has 122 valence electrons. The number of benzene rings is 1. The van der Waals surface area contributed by atoms with Gasteiger partial charge in [-0.15, -0.1) is 11.3 Å². The summed E-state index contributed by atoms with van der Waals surface area (Å²) in [6.07, 6.45) is 0.686. The minimum atomic E-state index is -0.547. The van der Waals surface area contributed by atoms with Crippen molar-refractivity contribution in [3.8, 4) is 0 Å². The highest BCUT2D eigenvalue weighted by atomic mass is 79.9. The number of hydrogen-bond donors (Lipinski definition) is 1. The summed E-state index contributed by atoms with van der Waals surface area (Å²) in [7, 11) is 0. The van der Waals surface area contributed by atoms with Crippen molar-refractivity contribution in [1.82, 2.24) is 0 Å². The Bertz CT molecular complexity index is 802. The smallest absolute Gasteiger partial charge is 0.341 e. The fourth-order valence-corrected chi connectivity index (χ4v) is 4.99. The zero-order chi connectivity index (χ0) is 16.8. The van der Waals surface area contributed by atoms with Gasteiger partial charge < -0.3 is 10.1 Å². The van der Waals surface area contributed by atoms with Crippen molar-refractivity contribution in [3.63, 3.8) is 0 Å². The highest BCUT2D eigenvalue weighted by molar-refractivity contribution is 9.25. The van der Waals surface area contributed by atoms with Gasteiger partial charge in [0.05, 0.1) is 15.3 Å². The van der Waals surface area contributed by atoms with Crippen LogP contribution < -0.4 is 5.32 Å². The number of nitrogens with one attached hydrogen (secondary N) is 1. The van der Waals surface area contributed by atoms with Gasteiger partial charge in [-0.05, 0) is 26.3 Å². The number of amides is 1. The van der Waals surface area contributed by atoms with Crippen LogP contribution in [0.25, 0.3) is 10.1 Å². The number of carbonyl (C=O) groups is 2. The molecule has 1 saturated carbocycles. The van der Waals surface area contributed by atoms with Crippen LogP contribution in [-0.2, 0) is 9.53 Å². The van der Waals surface area contributed by atoms with Gasteiger partial charge in [0.2, 0.25) is 5.91 Å². The first kappa shape index (κ1) is 16.9. The molecule has 7 heteroatoms. The van der Waals surface area contributed by atoms with E-state index in [0.717, 1.165) is 10.1 Å². The molecule has 2 aromatic rings. The van der Waals surface area contributed by atoms with E-state index < -0.39 is 11.4 Å². The number of fused-ring (bicyclic) bond motifs is 1. The highest BCUT2D eigenvalue weighted by Crippen LogP contribution is 2.66. The van der Waals surface area contributed by atoms with Gasteiger partial charge in [0.25, 0.3) is 0 Å². The molecule has 1 aromatic carbocycles. The number of halogens is 2. The summed E-state index contributed by atoms with van der Waals surface area (Å²) >= 11 is 8.38. The third kappa shape index (κ3) is 2.83. The molecule has 3 rings (SSSR count). The van der Waals surface area contributed by atoms with Crippen molar-refractivity contribution in [1.29, 1.82) is 0 Å². The second-order valence-electron chi connectivity index (χ2n) is 5.69. The van der Waals surface area contributed by atoms with Crippen molar-refractivity contribution in [2.75, 3.05) is 11.9 Å². The van der Waals surface area contributed by atoms with Gasteiger partial charge in [-0.2, -0.15) is 0 Å². The van der Waals surface area contributed by atoms with Crippen LogP contribution in [0.3, 0.4) is 0 Å². The number of anilines is 1. The molecule has 1 fully saturated rings. The Morgan fingerprint density at radius 1 is 1.35 bits per heavy atom. The van der Waals surface area contributed by atoms with Crippen molar-refractivity contribution in [3.05, 3.63) is 29.8 Å². The largest absolute Gasteiger partial charge is 0.462 e. The Morgan fingerprint density at radius 3 is 2.61 bits per heavy atom. The molecule has 0 aliphatic heterocycles. The molecule has 1 aliphatic rings. The summed E-state index contributed by atoms with van der Waals surface area (Å²) in [6.45, 7) is 3.93. The van der Waals surface area contributed by atoms with Crippen molar-refractivity contribution in [2.24, 2.45) is 5.41 Å². The van der Waals surface area contributed by atoms with Crippen LogP contribution in [0.15, 0.2) is 24.3 Å². The fraction of sp³-hybridized carbons (Fsp3) is 0.375. The molecular formula is C16H15Br2NO3S. The Hall–Kier alpha value is -0.920. The maximum atomic E-state index is 12.6. The maximum Gasteiger partial charge on any atom is 0.341 e. The van der Waals surface area contributed by atoms with Gasteiger partial charge >= 0.3 is 5.97 Å². The predicted octanol–water partition coefficient (Wildman–Crippen LogP) is 4.91. The average Bonchev–Trinajstić information content (AvgIpc) is 2.85. The molecular weight excluding hydrogens is 446 g/mol. The molecule has 23 heavy (non-hydrogen) atoms. The predicted molar refractivity (Wildman–Crippen MR) is 99.7 cm³/mol. The average molecular weight is 461 g/mol. The molecule has 0 bridgehead atoms. The van der Waals surface area contributed by atoms with Crippen molar-refractivity contribution >= 4 is 70.2 Å². The minimum absolute atomic E-state index is 0.122. The lowest BCUT2D eigenvalue weighted by molar-refractivity contribution is -0.120. The zero-order valence-corrected chi connectivity index (χ0v) is 16.6. The van der Waals surface area contributed by atoms with Crippen LogP contribution in [0, 0.1) is 5.41 Å². The van der Waals surface area contributed by atoms with Gasteiger partial charge in [-0.1, -0.05) is 50.1 Å². The standard InChI is InChI=1S/C16H15Br2NO3S/c1-3-22-13(20)11-9-6-4-5-7-10(9)23-12(11)19-14(21)15(2)8-16(15,17)18/h4-7H,3,8H2,1-2H3,(H,19,21). The molecule has 0 spiro atoms. The monoisotopic (exact) mass is 459 g/mol. The fourth-order valence-electron chi connectivity index (χ4n) is 2.43. The first-order chi connectivity index (χ1) is 10.8. The third-order valence-corrected chi connectivity index (χ3v) is 7.46. The summed E-state index contributed by atoms with van der Waals surface area (Å²) in [5.74, 6) is -0.534. The van der Waals surface area contributed by atoms with E-state index in [2.05, 4.69) is 37.2 Å². The van der Waals surface area contributed by atoms with Crippen LogP contribution in [0.1, 0.15) is 30.6 Å². The van der Waals surface area contributed by atoms with Crippen molar-refractivity contribution in [2.45, 2.75) is 23.5 Å². The first-order valence-corrected chi connectivity index (χ1v) is 9.58. The van der Waals surface area contributed by atoms with Crippen LogP contribution in [0.5, 0.6) is 0 Å². The summed E-state index contributed by atoms with van der Waals surface area (Å²) in [5.41, 5.74) is -0.116. The first-order valence-electron chi connectivity index (χ1n) is 7.18. The second-order valence-corrected chi connectivity index (χ2v) is 10.5. The molecule has 1 heterocycles. The number of ether oxygens (including phenoxy) is 1. The van der Waals surface area contributed by atoms with E-state index >= 15 is 0 Å². The number of thiophene rings is 1. The SMILES string of the molecule is CCOC(=O)c1c(NC(=O)C2(C)CC2(Br)Br)sc2ccccc12. The van der Waals surface area contributed by atoms with E-state index in [-0.39, 0.29) is 9.14 Å². The Balaban J connectivity index is 1.99. The van der Waals surface area contributed by atoms with Crippen LogP contribution in [0.2, 0.25) is 0 Å². The van der Waals surface area contributed by atoms with Crippen molar-refractivity contribution < 1.29 is 14.3 Å². The lowest BCUT2D eigenvalue weighted by Crippen LogP contribution is -2.26. The minimum Gasteiger partial charge on any atom is -0.462 e. The zero-order valence-electron chi connectivity index (χ0n) is 12.6. The molecule has 1 unspecified atom stereocenters. The number of rotatable bonds is 4. The molecule has 1 N–H and O–H groups in total. The van der Waals surface area contributed by atoms with Gasteiger partial charge in [-0.25, -0.2) is 4.79 Å². The lowest BCUT2D eigenvalue weighted by atomic mass is 10.1. The molecule has 1 amide bonds. The van der Waals surface area contributed by atoms with E-state index in [1.165, 1.54) is 11.3 Å². The van der Waals surface area contributed by atoms with E-state index in [1.54, 1.807) is 6.92 Å². The van der Waals surface area contributed by atoms with E-state index in [1.807, 2.05) is 31.2 Å². The quantitative estimate of drug-likeness (QED) is 0.520. The number of alkyl halides is 2. The molecule has 1 aromatic heterocycles. The molecule has 0 saturated heterocycles. The second kappa shape index (κ2) is 5.86. The summed E-state index contributed by atoms with van der Waals surface area (Å²) in [4.78, 5) is 24.9. The number of hydrogen-bond acceptors (Lipinski definition) is 4. The molecule has 4 nitrogen and oxygen atoms in total. The van der Waals surface area contributed by atoms with Gasteiger partial charge in [0, 0.05) is 10.1 Å². The maximum absolute atomic E-state index is 12.6. The summed E-state index contributed by atoms with van der Waals surface area (Å²) in [5, 5.41) is 4.26. The number of esters is 1. The van der Waals surface area contributed by atoms with Crippen LogP contribution >= 0.6 is 43.2 Å². The van der Waals surface area contributed by atoms with E-state index in [9.17, 15) is 9.59 Å². The van der Waals surface area contributed by atoms with Gasteiger partial charge in [0.15, 0.2) is 0 Å². The Kier molecular flexibility index (Phi) is 4.31.